The molecule has 0 atom stereocenters. The van der Waals surface area contributed by atoms with Crippen molar-refractivity contribution in [3.05, 3.63) is 139 Å². The number of hydrogen-bond donors (Lipinski definition) is 0. The van der Waals surface area contributed by atoms with Gasteiger partial charge < -0.3 is 0 Å². The summed E-state index contributed by atoms with van der Waals surface area (Å²) in [6.07, 6.45) is 1.91. The fourth-order valence-corrected chi connectivity index (χ4v) is 6.41. The summed E-state index contributed by atoms with van der Waals surface area (Å²) in [6, 6.07) is 43.7. The van der Waals surface area contributed by atoms with Crippen molar-refractivity contribution >= 4 is 21.9 Å². The Kier molecular flexibility index (Phi) is 4.57. The van der Waals surface area contributed by atoms with Crippen LogP contribution in [0.5, 0.6) is 0 Å². The molecule has 8 rings (SSSR count). The lowest BCUT2D eigenvalue weighted by Crippen LogP contribution is -2.16. The molecule has 0 bridgehead atoms. The Morgan fingerprint density at radius 3 is 1.90 bits per heavy atom. The number of pyridine rings is 1. The minimum Gasteiger partial charge on any atom is -0.297 e. The Morgan fingerprint density at radius 1 is 0.564 bits per heavy atom. The topological polar surface area (TPSA) is 22.8 Å². The van der Waals surface area contributed by atoms with E-state index in [9.17, 15) is 0 Å². The highest BCUT2D eigenvalue weighted by molar-refractivity contribution is 6.10. The first-order valence-corrected chi connectivity index (χ1v) is 13.5. The van der Waals surface area contributed by atoms with E-state index in [2.05, 4.69) is 138 Å². The second-order valence-corrected chi connectivity index (χ2v) is 11.0. The monoisotopic (exact) mass is 501 g/mol. The zero-order chi connectivity index (χ0) is 26.1. The smallest absolute Gasteiger partial charge is 0.130 e. The van der Waals surface area contributed by atoms with Crippen molar-refractivity contribution in [2.24, 2.45) is 0 Å². The second kappa shape index (κ2) is 8.05. The van der Waals surface area contributed by atoms with E-state index in [1.54, 1.807) is 0 Å². The third-order valence-corrected chi connectivity index (χ3v) is 8.27. The largest absolute Gasteiger partial charge is 0.297 e. The molecule has 0 spiro atoms. The number of benzene rings is 4. The van der Waals surface area contributed by atoms with Gasteiger partial charge in [0.25, 0.3) is 0 Å². The van der Waals surface area contributed by atoms with Crippen LogP contribution in [0.4, 0.5) is 0 Å². The van der Waals surface area contributed by atoms with Crippen LogP contribution in [0.2, 0.25) is 0 Å². The lowest BCUT2D eigenvalue weighted by molar-refractivity contribution is 0.624. The molecule has 1 aliphatic rings. The minimum atomic E-state index is -0.178. The molecule has 0 unspecified atom stereocenters. The van der Waals surface area contributed by atoms with Gasteiger partial charge in [-0.15, -0.1) is 0 Å². The van der Waals surface area contributed by atoms with Crippen molar-refractivity contribution < 1.29 is 0 Å². The van der Waals surface area contributed by atoms with Crippen LogP contribution in [0.1, 0.15) is 25.2 Å². The molecule has 0 radical (unpaired) electrons. The molecule has 0 fully saturated rings. The molecule has 0 saturated carbocycles. The van der Waals surface area contributed by atoms with Gasteiger partial charge in [-0.3, -0.25) is 14.1 Å². The molecule has 4 aromatic carbocycles. The van der Waals surface area contributed by atoms with Crippen molar-refractivity contribution in [2.75, 3.05) is 0 Å². The van der Waals surface area contributed by atoms with Crippen molar-refractivity contribution in [3.63, 3.8) is 0 Å². The average molecular weight is 502 g/mol. The zero-order valence-corrected chi connectivity index (χ0v) is 22.0. The highest BCUT2D eigenvalue weighted by Crippen LogP contribution is 2.47. The summed E-state index contributed by atoms with van der Waals surface area (Å²) >= 11 is 0. The molecule has 3 nitrogen and oxygen atoms in total. The van der Waals surface area contributed by atoms with Crippen molar-refractivity contribution in [1.82, 2.24) is 14.1 Å². The Morgan fingerprint density at radius 2 is 1.21 bits per heavy atom. The van der Waals surface area contributed by atoms with Crippen LogP contribution in [-0.2, 0) is 5.41 Å². The van der Waals surface area contributed by atoms with Gasteiger partial charge >= 0.3 is 0 Å². The lowest BCUT2D eigenvalue weighted by Gasteiger charge is -2.17. The van der Waals surface area contributed by atoms with Crippen molar-refractivity contribution in [3.8, 4) is 33.6 Å². The van der Waals surface area contributed by atoms with E-state index in [0.717, 1.165) is 11.4 Å². The maximum absolute atomic E-state index is 4.84. The average Bonchev–Trinajstić information content (AvgIpc) is 3.60. The van der Waals surface area contributed by atoms with Gasteiger partial charge in [0.2, 0.25) is 0 Å². The van der Waals surface area contributed by atoms with Gasteiger partial charge in [0.15, 0.2) is 0 Å². The third kappa shape index (κ3) is 3.13. The Labute approximate surface area is 227 Å². The van der Waals surface area contributed by atoms with Crippen LogP contribution in [-0.4, -0.2) is 14.1 Å². The molecule has 39 heavy (non-hydrogen) atoms. The van der Waals surface area contributed by atoms with E-state index in [4.69, 9.17) is 4.98 Å². The first kappa shape index (κ1) is 22.1. The van der Waals surface area contributed by atoms with E-state index in [0.29, 0.717) is 0 Å². The molecule has 186 valence electrons. The normalized spacial score (nSPS) is 13.6. The molecule has 0 N–H and O–H groups in total. The summed E-state index contributed by atoms with van der Waals surface area (Å²) in [4.78, 5) is 4.84. The van der Waals surface area contributed by atoms with Gasteiger partial charge in [-0.05, 0) is 78.6 Å². The summed E-state index contributed by atoms with van der Waals surface area (Å²) in [6.45, 7) is 4.57. The second-order valence-electron chi connectivity index (χ2n) is 11.0. The highest BCUT2D eigenvalue weighted by Gasteiger charge is 2.40. The summed E-state index contributed by atoms with van der Waals surface area (Å²) in [7, 11) is 0. The molecule has 1 aliphatic heterocycles. The van der Waals surface area contributed by atoms with Gasteiger partial charge in [-0.1, -0.05) is 78.9 Å². The van der Waals surface area contributed by atoms with E-state index in [1.165, 1.54) is 55.6 Å². The van der Waals surface area contributed by atoms with E-state index >= 15 is 0 Å². The van der Waals surface area contributed by atoms with Crippen LogP contribution >= 0.6 is 0 Å². The maximum atomic E-state index is 4.84. The molecule has 3 heteroatoms. The standard InChI is InChI=1S/C36H27N3/c1-36(2)33-23-30-29-16-9-10-17-31(29)38(35(30)39(33)32-18-11-19-37-34(32)36)28-21-26(24-12-5-3-6-13-24)20-27(22-28)25-14-7-4-8-15-25/h3-23H,1-2H3. The van der Waals surface area contributed by atoms with Crippen molar-refractivity contribution in [2.45, 2.75) is 19.3 Å². The Balaban J connectivity index is 1.50. The van der Waals surface area contributed by atoms with Gasteiger partial charge in [0, 0.05) is 33.8 Å². The summed E-state index contributed by atoms with van der Waals surface area (Å²) < 4.78 is 4.89. The van der Waals surface area contributed by atoms with E-state index in [-0.39, 0.29) is 5.41 Å². The summed E-state index contributed by atoms with van der Waals surface area (Å²) in [5, 5.41) is 2.54. The van der Waals surface area contributed by atoms with Crippen LogP contribution in [0.25, 0.3) is 55.6 Å². The quantitative estimate of drug-likeness (QED) is 0.237. The zero-order valence-electron chi connectivity index (χ0n) is 22.0. The number of hydrogen-bond acceptors (Lipinski definition) is 1. The van der Waals surface area contributed by atoms with Gasteiger partial charge in [0.05, 0.1) is 16.9 Å². The van der Waals surface area contributed by atoms with Crippen molar-refractivity contribution in [1.29, 1.82) is 0 Å². The number of rotatable bonds is 3. The maximum Gasteiger partial charge on any atom is 0.130 e. The van der Waals surface area contributed by atoms with Gasteiger partial charge in [0.1, 0.15) is 5.65 Å². The van der Waals surface area contributed by atoms with Crippen LogP contribution in [0.15, 0.2) is 128 Å². The molecule has 0 saturated heterocycles. The van der Waals surface area contributed by atoms with E-state index < -0.39 is 0 Å². The number of nitrogens with zero attached hydrogens (tertiary/aromatic N) is 3. The summed E-state index contributed by atoms with van der Waals surface area (Å²) in [5.41, 5.74) is 11.8. The van der Waals surface area contributed by atoms with Crippen LogP contribution in [0.3, 0.4) is 0 Å². The fourth-order valence-electron chi connectivity index (χ4n) is 6.41. The summed E-state index contributed by atoms with van der Waals surface area (Å²) in [5.74, 6) is 0. The minimum absolute atomic E-state index is 0.178. The predicted octanol–water partition coefficient (Wildman–Crippen LogP) is 8.94. The predicted molar refractivity (Wildman–Crippen MR) is 161 cm³/mol. The molecule has 3 aromatic heterocycles. The van der Waals surface area contributed by atoms with Gasteiger partial charge in [-0.2, -0.15) is 0 Å². The van der Waals surface area contributed by atoms with E-state index in [1.807, 2.05) is 12.3 Å². The van der Waals surface area contributed by atoms with Gasteiger partial charge in [-0.25, -0.2) is 0 Å². The molecular weight excluding hydrogens is 474 g/mol. The lowest BCUT2D eigenvalue weighted by atomic mass is 9.87. The molecule has 4 heterocycles. The fraction of sp³-hybridized carbons (Fsp3) is 0.0833. The molecule has 0 amide bonds. The number of fused-ring (bicyclic) bond motifs is 7. The first-order valence-electron chi connectivity index (χ1n) is 13.5. The highest BCUT2D eigenvalue weighted by atomic mass is 15.2. The third-order valence-electron chi connectivity index (χ3n) is 8.27. The first-order chi connectivity index (χ1) is 19.1. The Bertz CT molecular complexity index is 1970. The molecular formula is C36H27N3. The number of aromatic nitrogens is 3. The van der Waals surface area contributed by atoms with Crippen LogP contribution < -0.4 is 0 Å². The SMILES string of the molecule is CC1(C)c2ncccc2-n2c1cc1c3ccccc3n(-c3cc(-c4ccccc4)cc(-c4ccccc4)c3)c12. The number of para-hydroxylation sites is 1. The molecule has 7 aromatic rings. The van der Waals surface area contributed by atoms with Crippen LogP contribution in [0, 0.1) is 0 Å². The molecule has 0 aliphatic carbocycles. The Hall–Kier alpha value is -4.89.